The summed E-state index contributed by atoms with van der Waals surface area (Å²) in [6.07, 6.45) is 8.12. The second-order valence-corrected chi connectivity index (χ2v) is 6.04. The number of nitrogens with zero attached hydrogens (tertiary/aromatic N) is 1. The van der Waals surface area contributed by atoms with Crippen molar-refractivity contribution in [2.75, 3.05) is 0 Å². The van der Waals surface area contributed by atoms with Crippen LogP contribution in [0, 0.1) is 17.2 Å². The largest absolute Gasteiger partial charge is 0.307 e. The van der Waals surface area contributed by atoms with E-state index in [1.807, 2.05) is 18.2 Å². The van der Waals surface area contributed by atoms with Gasteiger partial charge in [0.1, 0.15) is 0 Å². The highest BCUT2D eigenvalue weighted by Crippen LogP contribution is 2.29. The average molecular weight is 270 g/mol. The van der Waals surface area contributed by atoms with Crippen LogP contribution in [0.25, 0.3) is 0 Å². The smallest absolute Gasteiger partial charge is 0.0991 e. The standard InChI is InChI=1S/C18H26N2/c1-3-18(16-9-5-4-6-10-16)20-14(2)17-11-7-8-15(12-17)13-19/h7-8,11-12,14,16,18,20H,3-6,9-10H2,1-2H3. The van der Waals surface area contributed by atoms with Gasteiger partial charge in [0, 0.05) is 12.1 Å². The molecule has 20 heavy (non-hydrogen) atoms. The first-order chi connectivity index (χ1) is 9.74. The molecule has 1 aliphatic rings. The summed E-state index contributed by atoms with van der Waals surface area (Å²) in [7, 11) is 0. The summed E-state index contributed by atoms with van der Waals surface area (Å²) in [4.78, 5) is 0. The number of hydrogen-bond donors (Lipinski definition) is 1. The fourth-order valence-corrected chi connectivity index (χ4v) is 3.42. The maximum atomic E-state index is 9.01. The molecule has 108 valence electrons. The number of nitrogens with one attached hydrogen (secondary N) is 1. The Bertz CT molecular complexity index is 455. The third kappa shape index (κ3) is 3.84. The van der Waals surface area contributed by atoms with E-state index in [0.717, 1.165) is 11.5 Å². The van der Waals surface area contributed by atoms with Crippen LogP contribution in [0.2, 0.25) is 0 Å². The molecular weight excluding hydrogens is 244 g/mol. The Labute approximate surface area is 123 Å². The van der Waals surface area contributed by atoms with Crippen molar-refractivity contribution in [3.63, 3.8) is 0 Å². The lowest BCUT2D eigenvalue weighted by Crippen LogP contribution is -2.38. The fraction of sp³-hybridized carbons (Fsp3) is 0.611. The van der Waals surface area contributed by atoms with Crippen LogP contribution < -0.4 is 5.32 Å². The second kappa shape index (κ2) is 7.45. The lowest BCUT2D eigenvalue weighted by atomic mass is 9.82. The molecule has 1 saturated carbocycles. The van der Waals surface area contributed by atoms with E-state index >= 15 is 0 Å². The van der Waals surface area contributed by atoms with Crippen molar-refractivity contribution in [2.45, 2.75) is 64.5 Å². The van der Waals surface area contributed by atoms with Gasteiger partial charge in [-0.3, -0.25) is 0 Å². The molecule has 2 rings (SSSR count). The summed E-state index contributed by atoms with van der Waals surface area (Å²) in [6, 6.07) is 11.1. The molecule has 1 fully saturated rings. The van der Waals surface area contributed by atoms with Gasteiger partial charge in [0.25, 0.3) is 0 Å². The van der Waals surface area contributed by atoms with Crippen molar-refractivity contribution in [3.8, 4) is 6.07 Å². The summed E-state index contributed by atoms with van der Waals surface area (Å²) in [5.41, 5.74) is 1.97. The number of nitriles is 1. The minimum atomic E-state index is 0.315. The van der Waals surface area contributed by atoms with Crippen molar-refractivity contribution in [2.24, 2.45) is 5.92 Å². The zero-order chi connectivity index (χ0) is 14.4. The van der Waals surface area contributed by atoms with Gasteiger partial charge in [0.05, 0.1) is 11.6 Å². The maximum Gasteiger partial charge on any atom is 0.0991 e. The quantitative estimate of drug-likeness (QED) is 0.851. The molecule has 1 aromatic carbocycles. The zero-order valence-corrected chi connectivity index (χ0v) is 12.7. The highest BCUT2D eigenvalue weighted by Gasteiger charge is 2.23. The van der Waals surface area contributed by atoms with E-state index in [4.69, 9.17) is 5.26 Å². The molecule has 2 nitrogen and oxygen atoms in total. The monoisotopic (exact) mass is 270 g/mol. The third-order valence-corrected chi connectivity index (χ3v) is 4.64. The van der Waals surface area contributed by atoms with Crippen LogP contribution in [0.15, 0.2) is 24.3 Å². The molecule has 0 radical (unpaired) electrons. The molecule has 2 heteroatoms. The minimum Gasteiger partial charge on any atom is -0.307 e. The SMILES string of the molecule is CCC(NC(C)c1cccc(C#N)c1)C1CCCCC1. The van der Waals surface area contributed by atoms with Gasteiger partial charge in [-0.05, 0) is 49.8 Å². The zero-order valence-electron chi connectivity index (χ0n) is 12.7. The lowest BCUT2D eigenvalue weighted by Gasteiger charge is -2.32. The molecule has 0 spiro atoms. The van der Waals surface area contributed by atoms with Crippen LogP contribution in [-0.4, -0.2) is 6.04 Å². The second-order valence-electron chi connectivity index (χ2n) is 6.04. The van der Waals surface area contributed by atoms with Crippen molar-refractivity contribution >= 4 is 0 Å². The van der Waals surface area contributed by atoms with E-state index in [2.05, 4.69) is 31.3 Å². The lowest BCUT2D eigenvalue weighted by molar-refractivity contribution is 0.249. The highest BCUT2D eigenvalue weighted by molar-refractivity contribution is 5.34. The van der Waals surface area contributed by atoms with Crippen LogP contribution in [-0.2, 0) is 0 Å². The van der Waals surface area contributed by atoms with Gasteiger partial charge in [-0.15, -0.1) is 0 Å². The van der Waals surface area contributed by atoms with E-state index in [1.54, 1.807) is 0 Å². The van der Waals surface area contributed by atoms with Gasteiger partial charge < -0.3 is 5.32 Å². The third-order valence-electron chi connectivity index (χ3n) is 4.64. The molecular formula is C18H26N2. The highest BCUT2D eigenvalue weighted by atomic mass is 14.9. The predicted octanol–water partition coefficient (Wildman–Crippen LogP) is 4.57. The van der Waals surface area contributed by atoms with Gasteiger partial charge in [0.2, 0.25) is 0 Å². The number of benzene rings is 1. The summed E-state index contributed by atoms with van der Waals surface area (Å²) in [6.45, 7) is 4.49. The summed E-state index contributed by atoms with van der Waals surface area (Å²) >= 11 is 0. The molecule has 0 amide bonds. The molecule has 0 bridgehead atoms. The Morgan fingerprint density at radius 2 is 2.05 bits per heavy atom. The van der Waals surface area contributed by atoms with Gasteiger partial charge in [-0.25, -0.2) is 0 Å². The van der Waals surface area contributed by atoms with Crippen LogP contribution >= 0.6 is 0 Å². The molecule has 1 N–H and O–H groups in total. The first-order valence-corrected chi connectivity index (χ1v) is 8.00. The normalized spacial score (nSPS) is 19.2. The molecule has 0 saturated heterocycles. The van der Waals surface area contributed by atoms with Crippen molar-refractivity contribution in [1.82, 2.24) is 5.32 Å². The molecule has 0 heterocycles. The topological polar surface area (TPSA) is 35.8 Å². The first kappa shape index (κ1) is 15.1. The maximum absolute atomic E-state index is 9.01. The van der Waals surface area contributed by atoms with Gasteiger partial charge in [-0.2, -0.15) is 5.26 Å². The summed E-state index contributed by atoms with van der Waals surface area (Å²) in [5.74, 6) is 0.829. The van der Waals surface area contributed by atoms with Crippen molar-refractivity contribution in [1.29, 1.82) is 5.26 Å². The fourth-order valence-electron chi connectivity index (χ4n) is 3.42. The molecule has 1 aromatic rings. The summed E-state index contributed by atoms with van der Waals surface area (Å²) < 4.78 is 0. The molecule has 2 unspecified atom stereocenters. The Hall–Kier alpha value is -1.33. The molecule has 0 aromatic heterocycles. The molecule has 1 aliphatic carbocycles. The van der Waals surface area contributed by atoms with Gasteiger partial charge in [0.15, 0.2) is 0 Å². The summed E-state index contributed by atoms with van der Waals surface area (Å²) in [5, 5.41) is 12.8. The Balaban J connectivity index is 2.00. The number of rotatable bonds is 5. The van der Waals surface area contributed by atoms with Gasteiger partial charge in [-0.1, -0.05) is 38.3 Å². The average Bonchev–Trinajstić information content (AvgIpc) is 2.53. The predicted molar refractivity (Wildman–Crippen MR) is 83.4 cm³/mol. The van der Waals surface area contributed by atoms with Crippen LogP contribution in [0.3, 0.4) is 0 Å². The van der Waals surface area contributed by atoms with E-state index in [9.17, 15) is 0 Å². The van der Waals surface area contributed by atoms with Crippen LogP contribution in [0.1, 0.15) is 69.5 Å². The van der Waals surface area contributed by atoms with Gasteiger partial charge >= 0.3 is 0 Å². The van der Waals surface area contributed by atoms with Crippen molar-refractivity contribution in [3.05, 3.63) is 35.4 Å². The Morgan fingerprint density at radius 3 is 2.70 bits per heavy atom. The first-order valence-electron chi connectivity index (χ1n) is 8.00. The Kier molecular flexibility index (Phi) is 5.61. The van der Waals surface area contributed by atoms with E-state index in [1.165, 1.54) is 44.1 Å². The van der Waals surface area contributed by atoms with Crippen LogP contribution in [0.4, 0.5) is 0 Å². The van der Waals surface area contributed by atoms with Crippen molar-refractivity contribution < 1.29 is 0 Å². The minimum absolute atomic E-state index is 0.315. The van der Waals surface area contributed by atoms with Crippen LogP contribution in [0.5, 0.6) is 0 Å². The molecule has 0 aliphatic heterocycles. The van der Waals surface area contributed by atoms with E-state index in [-0.39, 0.29) is 0 Å². The molecule has 2 atom stereocenters. The van der Waals surface area contributed by atoms with E-state index in [0.29, 0.717) is 12.1 Å². The Morgan fingerprint density at radius 1 is 1.30 bits per heavy atom. The van der Waals surface area contributed by atoms with E-state index < -0.39 is 0 Å². The number of hydrogen-bond acceptors (Lipinski definition) is 2.